The summed E-state index contributed by atoms with van der Waals surface area (Å²) in [6.45, 7) is 0. The molecule has 1 amide bonds. The van der Waals surface area contributed by atoms with Gasteiger partial charge in [0.05, 0.1) is 5.69 Å². The molecule has 0 aliphatic rings. The van der Waals surface area contributed by atoms with E-state index in [0.29, 0.717) is 16.7 Å². The molecule has 4 nitrogen and oxygen atoms in total. The van der Waals surface area contributed by atoms with Gasteiger partial charge in [-0.05, 0) is 47.5 Å². The summed E-state index contributed by atoms with van der Waals surface area (Å²) in [4.78, 5) is 12.2. The van der Waals surface area contributed by atoms with Gasteiger partial charge in [0.2, 0.25) is 0 Å². The zero-order valence-electron chi connectivity index (χ0n) is 12.5. The second kappa shape index (κ2) is 6.42. The zero-order valence-corrected chi connectivity index (χ0v) is 12.5. The third-order valence-electron chi connectivity index (χ3n) is 3.56. The van der Waals surface area contributed by atoms with Crippen molar-refractivity contribution < 1.29 is 19.4 Å². The number of hydrogen-bond donors (Lipinski definition) is 3. The normalized spacial score (nSPS) is 10.4. The van der Waals surface area contributed by atoms with E-state index in [-0.39, 0.29) is 17.3 Å². The summed E-state index contributed by atoms with van der Waals surface area (Å²) in [5.41, 5.74) is 1.78. The van der Waals surface area contributed by atoms with Crippen molar-refractivity contribution in [2.75, 3.05) is 5.32 Å². The van der Waals surface area contributed by atoms with Crippen LogP contribution < -0.4 is 5.32 Å². The Labute approximate surface area is 137 Å². The second-order valence-electron chi connectivity index (χ2n) is 5.22. The van der Waals surface area contributed by atoms with Gasteiger partial charge >= 0.3 is 0 Å². The summed E-state index contributed by atoms with van der Waals surface area (Å²) in [5, 5.41) is 21.8. The molecule has 0 aliphatic heterocycles. The van der Waals surface area contributed by atoms with Gasteiger partial charge in [-0.2, -0.15) is 0 Å². The number of carbonyl (C=O) groups is 1. The topological polar surface area (TPSA) is 69.6 Å². The van der Waals surface area contributed by atoms with Crippen LogP contribution in [0.2, 0.25) is 0 Å². The average molecular weight is 323 g/mol. The van der Waals surface area contributed by atoms with Crippen molar-refractivity contribution in [2.45, 2.75) is 0 Å². The first-order valence-electron chi connectivity index (χ1n) is 7.23. The lowest BCUT2D eigenvalue weighted by Gasteiger charge is -2.10. The van der Waals surface area contributed by atoms with Crippen molar-refractivity contribution in [1.82, 2.24) is 0 Å². The number of hydrogen-bond acceptors (Lipinski definition) is 3. The van der Waals surface area contributed by atoms with Crippen LogP contribution in [0.4, 0.5) is 10.1 Å². The predicted molar refractivity (Wildman–Crippen MR) is 89.6 cm³/mol. The molecule has 0 bridgehead atoms. The zero-order chi connectivity index (χ0) is 17.1. The highest BCUT2D eigenvalue weighted by atomic mass is 19.1. The van der Waals surface area contributed by atoms with Gasteiger partial charge in [-0.1, -0.05) is 30.3 Å². The van der Waals surface area contributed by atoms with E-state index >= 15 is 0 Å². The van der Waals surface area contributed by atoms with E-state index in [4.69, 9.17) is 0 Å². The lowest BCUT2D eigenvalue weighted by atomic mass is 10.0. The standard InChI is InChI=1S/C19H14FNO3/c20-15-10-13(6-8-17(15)22)14-7-9-18(23)16(11-14)21-19(24)12-4-2-1-3-5-12/h1-11,22-23H,(H,21,24). The molecule has 3 rings (SSSR count). The summed E-state index contributed by atoms with van der Waals surface area (Å²) in [7, 11) is 0. The summed E-state index contributed by atoms with van der Waals surface area (Å²) < 4.78 is 13.5. The van der Waals surface area contributed by atoms with Crippen LogP contribution in [0.15, 0.2) is 66.7 Å². The van der Waals surface area contributed by atoms with Crippen molar-refractivity contribution in [3.8, 4) is 22.6 Å². The van der Waals surface area contributed by atoms with Crippen molar-refractivity contribution in [2.24, 2.45) is 0 Å². The van der Waals surface area contributed by atoms with Crippen molar-refractivity contribution in [3.05, 3.63) is 78.1 Å². The highest BCUT2D eigenvalue weighted by Crippen LogP contribution is 2.31. The van der Waals surface area contributed by atoms with Gasteiger partial charge in [0.15, 0.2) is 11.6 Å². The fraction of sp³-hybridized carbons (Fsp3) is 0. The smallest absolute Gasteiger partial charge is 0.255 e. The van der Waals surface area contributed by atoms with Crippen LogP contribution in [0.3, 0.4) is 0 Å². The first-order valence-corrected chi connectivity index (χ1v) is 7.23. The van der Waals surface area contributed by atoms with Crippen LogP contribution in [-0.4, -0.2) is 16.1 Å². The summed E-state index contributed by atoms with van der Waals surface area (Å²) in [6, 6.07) is 17.1. The van der Waals surface area contributed by atoms with Gasteiger partial charge in [0.1, 0.15) is 5.75 Å². The number of amides is 1. The van der Waals surface area contributed by atoms with Crippen LogP contribution in [0.25, 0.3) is 11.1 Å². The number of carbonyl (C=O) groups excluding carboxylic acids is 1. The first kappa shape index (κ1) is 15.6. The number of halogens is 1. The molecule has 3 aromatic rings. The number of aromatic hydroxyl groups is 2. The van der Waals surface area contributed by atoms with Gasteiger partial charge in [-0.15, -0.1) is 0 Å². The molecular weight excluding hydrogens is 309 g/mol. The summed E-state index contributed by atoms with van der Waals surface area (Å²) >= 11 is 0. The monoisotopic (exact) mass is 323 g/mol. The van der Waals surface area contributed by atoms with Crippen molar-refractivity contribution in [1.29, 1.82) is 0 Å². The van der Waals surface area contributed by atoms with E-state index in [1.807, 2.05) is 0 Å². The van der Waals surface area contributed by atoms with Crippen LogP contribution in [-0.2, 0) is 0 Å². The summed E-state index contributed by atoms with van der Waals surface area (Å²) in [5.74, 6) is -1.63. The molecule has 0 heterocycles. The number of phenols is 2. The molecule has 24 heavy (non-hydrogen) atoms. The highest BCUT2D eigenvalue weighted by Gasteiger charge is 2.11. The van der Waals surface area contributed by atoms with Gasteiger partial charge in [-0.3, -0.25) is 4.79 Å². The van der Waals surface area contributed by atoms with E-state index in [9.17, 15) is 19.4 Å². The van der Waals surface area contributed by atoms with Crippen LogP contribution in [0.5, 0.6) is 11.5 Å². The molecule has 0 aliphatic carbocycles. The Balaban J connectivity index is 1.92. The fourth-order valence-electron chi connectivity index (χ4n) is 2.29. The molecule has 0 fully saturated rings. The maximum atomic E-state index is 13.5. The Hall–Kier alpha value is -3.34. The molecule has 3 N–H and O–H groups in total. The molecule has 120 valence electrons. The van der Waals surface area contributed by atoms with Crippen molar-refractivity contribution >= 4 is 11.6 Å². The minimum atomic E-state index is -0.740. The molecule has 0 spiro atoms. The van der Waals surface area contributed by atoms with E-state index in [0.717, 1.165) is 0 Å². The molecule has 0 saturated carbocycles. The molecule has 0 atom stereocenters. The average Bonchev–Trinajstić information content (AvgIpc) is 2.60. The Morgan fingerprint density at radius 2 is 1.46 bits per heavy atom. The van der Waals surface area contributed by atoms with Crippen molar-refractivity contribution in [3.63, 3.8) is 0 Å². The molecule has 0 radical (unpaired) electrons. The lowest BCUT2D eigenvalue weighted by Crippen LogP contribution is -2.11. The number of rotatable bonds is 3. The Morgan fingerprint density at radius 3 is 2.12 bits per heavy atom. The van der Waals surface area contributed by atoms with E-state index in [1.54, 1.807) is 48.5 Å². The Kier molecular flexibility index (Phi) is 4.16. The Morgan fingerprint density at radius 1 is 0.833 bits per heavy atom. The predicted octanol–water partition coefficient (Wildman–Crippen LogP) is 4.16. The second-order valence-corrected chi connectivity index (χ2v) is 5.22. The minimum absolute atomic E-state index is 0.0951. The minimum Gasteiger partial charge on any atom is -0.506 e. The van der Waals surface area contributed by atoms with E-state index in [2.05, 4.69) is 5.32 Å². The first-order chi connectivity index (χ1) is 11.5. The van der Waals surface area contributed by atoms with Gasteiger partial charge in [0, 0.05) is 5.56 Å². The highest BCUT2D eigenvalue weighted by molar-refractivity contribution is 6.05. The molecular formula is C19H14FNO3. The molecule has 0 saturated heterocycles. The van der Waals surface area contributed by atoms with Crippen LogP contribution in [0, 0.1) is 5.82 Å². The Bertz CT molecular complexity index is 894. The maximum absolute atomic E-state index is 13.5. The third kappa shape index (κ3) is 3.20. The quantitative estimate of drug-likeness (QED) is 0.634. The van der Waals surface area contributed by atoms with Gasteiger partial charge in [0.25, 0.3) is 5.91 Å². The SMILES string of the molecule is O=C(Nc1cc(-c2ccc(O)c(F)c2)ccc1O)c1ccccc1. The van der Waals surface area contributed by atoms with E-state index in [1.165, 1.54) is 18.2 Å². The van der Waals surface area contributed by atoms with Crippen LogP contribution in [0.1, 0.15) is 10.4 Å². The molecule has 0 unspecified atom stereocenters. The number of anilines is 1. The summed E-state index contributed by atoms with van der Waals surface area (Å²) in [6.07, 6.45) is 0. The fourth-order valence-corrected chi connectivity index (χ4v) is 2.29. The van der Waals surface area contributed by atoms with Gasteiger partial charge < -0.3 is 15.5 Å². The molecule has 5 heteroatoms. The number of phenolic OH excluding ortho intramolecular Hbond substituents is 2. The molecule has 3 aromatic carbocycles. The number of nitrogens with one attached hydrogen (secondary N) is 1. The van der Waals surface area contributed by atoms with Crippen LogP contribution >= 0.6 is 0 Å². The lowest BCUT2D eigenvalue weighted by molar-refractivity contribution is 0.102. The largest absolute Gasteiger partial charge is 0.506 e. The molecule has 0 aromatic heterocycles. The third-order valence-corrected chi connectivity index (χ3v) is 3.56. The maximum Gasteiger partial charge on any atom is 0.255 e. The van der Waals surface area contributed by atoms with E-state index < -0.39 is 11.6 Å². The van der Waals surface area contributed by atoms with Gasteiger partial charge in [-0.25, -0.2) is 4.39 Å². The number of benzene rings is 3.